The number of rotatable bonds is 7. The van der Waals surface area contributed by atoms with Crippen LogP contribution in [0.25, 0.3) is 0 Å². The first kappa shape index (κ1) is 18.2. The van der Waals surface area contributed by atoms with Gasteiger partial charge in [-0.1, -0.05) is 12.1 Å². The van der Waals surface area contributed by atoms with Gasteiger partial charge in [-0.15, -0.1) is 0 Å². The summed E-state index contributed by atoms with van der Waals surface area (Å²) in [4.78, 5) is 23.4. The van der Waals surface area contributed by atoms with E-state index < -0.39 is 24.5 Å². The van der Waals surface area contributed by atoms with E-state index in [1.165, 1.54) is 19.1 Å². The van der Waals surface area contributed by atoms with Gasteiger partial charge in [-0.2, -0.15) is 8.78 Å². The summed E-state index contributed by atoms with van der Waals surface area (Å²) in [5.74, 6) is -1.08. The maximum atomic E-state index is 12.3. The smallest absolute Gasteiger partial charge is 0.387 e. The first-order chi connectivity index (χ1) is 11.9. The van der Waals surface area contributed by atoms with Crippen molar-refractivity contribution in [1.29, 1.82) is 0 Å². The Bertz CT molecular complexity index is 751. The predicted octanol–water partition coefficient (Wildman–Crippen LogP) is 2.64. The Labute approximate surface area is 143 Å². The lowest BCUT2D eigenvalue weighted by molar-refractivity contribution is -0.119. The molecule has 6 nitrogen and oxygen atoms in total. The lowest BCUT2D eigenvalue weighted by atomic mass is 10.1. The zero-order valence-electron chi connectivity index (χ0n) is 13.3. The van der Waals surface area contributed by atoms with Crippen LogP contribution < -0.4 is 21.1 Å². The van der Waals surface area contributed by atoms with Crippen LogP contribution >= 0.6 is 0 Å². The van der Waals surface area contributed by atoms with Crippen molar-refractivity contribution in [1.82, 2.24) is 5.32 Å². The number of halogens is 2. The minimum absolute atomic E-state index is 0.0295. The van der Waals surface area contributed by atoms with Gasteiger partial charge >= 0.3 is 6.61 Å². The number of primary amides is 1. The van der Waals surface area contributed by atoms with Crippen LogP contribution in [0.15, 0.2) is 48.5 Å². The van der Waals surface area contributed by atoms with Gasteiger partial charge in [0.1, 0.15) is 11.8 Å². The van der Waals surface area contributed by atoms with Crippen LogP contribution in [-0.4, -0.2) is 24.5 Å². The molecule has 0 saturated carbocycles. The maximum Gasteiger partial charge on any atom is 0.387 e. The molecule has 0 bridgehead atoms. The van der Waals surface area contributed by atoms with Gasteiger partial charge in [0.05, 0.1) is 11.3 Å². The highest BCUT2D eigenvalue weighted by Crippen LogP contribution is 2.23. The topological polar surface area (TPSA) is 93.4 Å². The molecule has 2 aromatic rings. The van der Waals surface area contributed by atoms with Crippen LogP contribution in [0, 0.1) is 0 Å². The van der Waals surface area contributed by atoms with Gasteiger partial charge < -0.3 is 21.1 Å². The molecule has 0 aromatic heterocycles. The fourth-order valence-corrected chi connectivity index (χ4v) is 2.01. The number of ether oxygens (including phenoxy) is 1. The number of nitrogens with one attached hydrogen (secondary N) is 2. The fourth-order valence-electron chi connectivity index (χ4n) is 2.01. The normalized spacial score (nSPS) is 11.7. The molecular formula is C17H17F2N3O3. The first-order valence-electron chi connectivity index (χ1n) is 7.38. The van der Waals surface area contributed by atoms with E-state index in [9.17, 15) is 18.4 Å². The molecule has 132 valence electrons. The molecule has 1 unspecified atom stereocenters. The average molecular weight is 349 g/mol. The van der Waals surface area contributed by atoms with Crippen molar-refractivity contribution in [3.05, 3.63) is 54.1 Å². The molecular weight excluding hydrogens is 332 g/mol. The standard InChI is InChI=1S/C17H17F2N3O3/c1-10(15(20)23)21-16(24)13-4-2-3-5-14(13)22-11-6-8-12(9-7-11)25-17(18)19/h2-10,17,22H,1H3,(H2,20,23)(H,21,24). The highest BCUT2D eigenvalue weighted by Gasteiger charge is 2.16. The summed E-state index contributed by atoms with van der Waals surface area (Å²) in [6.07, 6.45) is 0. The Morgan fingerprint density at radius 2 is 1.72 bits per heavy atom. The molecule has 0 saturated heterocycles. The molecule has 0 radical (unpaired) electrons. The Morgan fingerprint density at radius 1 is 1.08 bits per heavy atom. The number of carbonyl (C=O) groups is 2. The van der Waals surface area contributed by atoms with E-state index in [4.69, 9.17) is 5.73 Å². The average Bonchev–Trinajstić information content (AvgIpc) is 2.56. The summed E-state index contributed by atoms with van der Waals surface area (Å²) in [7, 11) is 0. The van der Waals surface area contributed by atoms with Gasteiger partial charge in [0.15, 0.2) is 0 Å². The molecule has 0 aliphatic rings. The van der Waals surface area contributed by atoms with Crippen LogP contribution in [0.1, 0.15) is 17.3 Å². The van der Waals surface area contributed by atoms with Gasteiger partial charge in [-0.05, 0) is 43.3 Å². The number of hydrogen-bond donors (Lipinski definition) is 3. The Balaban J connectivity index is 2.15. The highest BCUT2D eigenvalue weighted by atomic mass is 19.3. The van der Waals surface area contributed by atoms with E-state index in [1.54, 1.807) is 36.4 Å². The Kier molecular flexibility index (Phi) is 5.89. The van der Waals surface area contributed by atoms with Gasteiger partial charge in [0, 0.05) is 5.69 Å². The van der Waals surface area contributed by atoms with E-state index in [1.807, 2.05) is 0 Å². The van der Waals surface area contributed by atoms with Crippen molar-refractivity contribution in [3.63, 3.8) is 0 Å². The molecule has 0 fully saturated rings. The molecule has 2 rings (SSSR count). The molecule has 0 heterocycles. The van der Waals surface area contributed by atoms with Crippen LogP contribution in [-0.2, 0) is 4.79 Å². The number of para-hydroxylation sites is 1. The van der Waals surface area contributed by atoms with E-state index in [2.05, 4.69) is 15.4 Å². The second-order valence-corrected chi connectivity index (χ2v) is 5.17. The molecule has 1 atom stereocenters. The highest BCUT2D eigenvalue weighted by molar-refractivity contribution is 6.02. The predicted molar refractivity (Wildman–Crippen MR) is 88.9 cm³/mol. The van der Waals surface area contributed by atoms with Gasteiger partial charge in [0.2, 0.25) is 5.91 Å². The summed E-state index contributed by atoms with van der Waals surface area (Å²) < 4.78 is 28.6. The first-order valence-corrected chi connectivity index (χ1v) is 7.38. The third-order valence-corrected chi connectivity index (χ3v) is 3.30. The monoisotopic (exact) mass is 349 g/mol. The molecule has 0 aliphatic heterocycles. The second kappa shape index (κ2) is 8.09. The van der Waals surface area contributed by atoms with Crippen molar-refractivity contribution < 1.29 is 23.1 Å². The summed E-state index contributed by atoms with van der Waals surface area (Å²) >= 11 is 0. The molecule has 2 amide bonds. The molecule has 2 aromatic carbocycles. The second-order valence-electron chi connectivity index (χ2n) is 5.17. The van der Waals surface area contributed by atoms with Crippen LogP contribution in [0.2, 0.25) is 0 Å². The third-order valence-electron chi connectivity index (χ3n) is 3.30. The quantitative estimate of drug-likeness (QED) is 0.716. The summed E-state index contributed by atoms with van der Waals surface area (Å²) in [5, 5.41) is 5.51. The lowest BCUT2D eigenvalue weighted by Gasteiger charge is -2.14. The molecule has 4 N–H and O–H groups in total. The molecule has 0 spiro atoms. The van der Waals surface area contributed by atoms with Crippen molar-refractivity contribution in [2.24, 2.45) is 5.73 Å². The van der Waals surface area contributed by atoms with Gasteiger partial charge in [-0.25, -0.2) is 0 Å². The minimum Gasteiger partial charge on any atom is -0.435 e. The van der Waals surface area contributed by atoms with Crippen LogP contribution in [0.3, 0.4) is 0 Å². The van der Waals surface area contributed by atoms with Crippen LogP contribution in [0.4, 0.5) is 20.2 Å². The lowest BCUT2D eigenvalue weighted by Crippen LogP contribution is -2.42. The number of alkyl halides is 2. The minimum atomic E-state index is -2.89. The Morgan fingerprint density at radius 3 is 2.32 bits per heavy atom. The molecule has 0 aliphatic carbocycles. The number of amides is 2. The molecule has 8 heteroatoms. The maximum absolute atomic E-state index is 12.3. The molecule has 25 heavy (non-hydrogen) atoms. The number of hydrogen-bond acceptors (Lipinski definition) is 4. The number of nitrogens with two attached hydrogens (primary N) is 1. The largest absolute Gasteiger partial charge is 0.435 e. The number of anilines is 2. The van der Waals surface area contributed by atoms with Crippen molar-refractivity contribution in [2.45, 2.75) is 19.6 Å². The Hall–Kier alpha value is -3.16. The fraction of sp³-hybridized carbons (Fsp3) is 0.176. The van der Waals surface area contributed by atoms with E-state index in [0.717, 1.165) is 0 Å². The zero-order valence-corrected chi connectivity index (χ0v) is 13.3. The number of benzene rings is 2. The van der Waals surface area contributed by atoms with E-state index in [-0.39, 0.29) is 5.75 Å². The van der Waals surface area contributed by atoms with Gasteiger partial charge in [0.25, 0.3) is 5.91 Å². The summed E-state index contributed by atoms with van der Waals surface area (Å²) in [6.45, 7) is -1.41. The zero-order chi connectivity index (χ0) is 18.4. The third kappa shape index (κ3) is 5.17. The number of carbonyl (C=O) groups excluding carboxylic acids is 2. The van der Waals surface area contributed by atoms with Crippen molar-refractivity contribution in [2.75, 3.05) is 5.32 Å². The van der Waals surface area contributed by atoms with E-state index >= 15 is 0 Å². The van der Waals surface area contributed by atoms with Crippen LogP contribution in [0.5, 0.6) is 5.75 Å². The van der Waals surface area contributed by atoms with Crippen molar-refractivity contribution >= 4 is 23.2 Å². The SMILES string of the molecule is CC(NC(=O)c1ccccc1Nc1ccc(OC(F)F)cc1)C(N)=O. The van der Waals surface area contributed by atoms with Crippen molar-refractivity contribution in [3.8, 4) is 5.75 Å². The summed E-state index contributed by atoms with van der Waals surface area (Å²) in [5.41, 5.74) is 6.51. The summed E-state index contributed by atoms with van der Waals surface area (Å²) in [6, 6.07) is 11.7. The van der Waals surface area contributed by atoms with Gasteiger partial charge in [-0.3, -0.25) is 9.59 Å². The van der Waals surface area contributed by atoms with E-state index in [0.29, 0.717) is 16.9 Å².